The molecule has 0 radical (unpaired) electrons. The van der Waals surface area contributed by atoms with Crippen LogP contribution in [0.4, 0.5) is 4.79 Å². The van der Waals surface area contributed by atoms with Crippen molar-refractivity contribution < 1.29 is 14.3 Å². The average molecular weight is 431 g/mol. The minimum absolute atomic E-state index is 0.280. The Morgan fingerprint density at radius 1 is 1.23 bits per heavy atom. The lowest BCUT2D eigenvalue weighted by Crippen LogP contribution is -2.51. The third-order valence-electron chi connectivity index (χ3n) is 5.33. The number of carbonyl (C=O) groups is 2. The summed E-state index contributed by atoms with van der Waals surface area (Å²) in [6.45, 7) is 10.8. The largest absolute Gasteiger partial charge is 0.463 e. The van der Waals surface area contributed by atoms with Gasteiger partial charge in [-0.15, -0.1) is 18.3 Å². The summed E-state index contributed by atoms with van der Waals surface area (Å²) in [7, 11) is 0. The van der Waals surface area contributed by atoms with Gasteiger partial charge in [0, 0.05) is 49.9 Å². The van der Waals surface area contributed by atoms with E-state index < -0.39 is 12.0 Å². The van der Waals surface area contributed by atoms with E-state index >= 15 is 0 Å². The van der Waals surface area contributed by atoms with Crippen molar-refractivity contribution in [2.75, 3.05) is 52.1 Å². The number of thioether (sulfide) groups is 1. The maximum Gasteiger partial charge on any atom is 0.338 e. The molecule has 1 fully saturated rings. The van der Waals surface area contributed by atoms with Crippen molar-refractivity contribution in [3.8, 4) is 0 Å². The second-order valence-corrected chi connectivity index (χ2v) is 8.16. The smallest absolute Gasteiger partial charge is 0.338 e. The summed E-state index contributed by atoms with van der Waals surface area (Å²) in [5.74, 6) is -0.399. The summed E-state index contributed by atoms with van der Waals surface area (Å²) >= 11 is 1.65. The molecule has 0 aromatic heterocycles. The van der Waals surface area contributed by atoms with Gasteiger partial charge in [0.15, 0.2) is 0 Å². The number of nitrogens with zero attached hydrogens (tertiary/aromatic N) is 2. The second kappa shape index (κ2) is 10.7. The summed E-state index contributed by atoms with van der Waals surface area (Å²) in [6, 6.07) is 7.05. The van der Waals surface area contributed by atoms with Gasteiger partial charge in [-0.1, -0.05) is 18.2 Å². The van der Waals surface area contributed by atoms with Crippen LogP contribution in [0.25, 0.3) is 0 Å². The van der Waals surface area contributed by atoms with Gasteiger partial charge in [0.05, 0.1) is 18.2 Å². The maximum atomic E-state index is 12.9. The standard InChI is InChI=1S/C22H30N4O3S/c1-4-10-25-11-13-26(14-12-25)15-18-19(21(27)29-5-2)20(24-22(28)23-18)16-6-8-17(30-3)9-7-16/h4,6-9,20H,1,5,10-15H2,2-3H3,(H2,23,24,28). The molecule has 2 aliphatic rings. The molecule has 2 heterocycles. The lowest BCUT2D eigenvalue weighted by atomic mass is 9.95. The van der Waals surface area contributed by atoms with Crippen LogP contribution in [0, 0.1) is 0 Å². The molecule has 1 atom stereocenters. The van der Waals surface area contributed by atoms with Crippen LogP contribution in [0.1, 0.15) is 18.5 Å². The average Bonchev–Trinajstić information content (AvgIpc) is 2.75. The molecule has 1 unspecified atom stereocenters. The van der Waals surface area contributed by atoms with Crippen LogP contribution >= 0.6 is 11.8 Å². The van der Waals surface area contributed by atoms with Crippen molar-refractivity contribution in [3.63, 3.8) is 0 Å². The Labute approximate surface area is 182 Å². The first-order valence-electron chi connectivity index (χ1n) is 10.2. The number of urea groups is 1. The van der Waals surface area contributed by atoms with E-state index in [1.165, 1.54) is 0 Å². The predicted octanol–water partition coefficient (Wildman–Crippen LogP) is 2.38. The molecule has 1 aromatic rings. The van der Waals surface area contributed by atoms with E-state index in [9.17, 15) is 9.59 Å². The zero-order chi connectivity index (χ0) is 21.5. The van der Waals surface area contributed by atoms with Crippen LogP contribution in [0.15, 0.2) is 53.1 Å². The quantitative estimate of drug-likeness (QED) is 0.375. The van der Waals surface area contributed by atoms with Gasteiger partial charge in [-0.3, -0.25) is 9.80 Å². The summed E-state index contributed by atoms with van der Waals surface area (Å²) in [6.07, 6.45) is 3.93. The Morgan fingerprint density at radius 3 is 2.50 bits per heavy atom. The van der Waals surface area contributed by atoms with Gasteiger partial charge in [0.25, 0.3) is 0 Å². The van der Waals surface area contributed by atoms with Crippen molar-refractivity contribution in [1.29, 1.82) is 0 Å². The van der Waals surface area contributed by atoms with Gasteiger partial charge in [-0.05, 0) is 30.9 Å². The van der Waals surface area contributed by atoms with Gasteiger partial charge in [0.2, 0.25) is 0 Å². The van der Waals surface area contributed by atoms with E-state index in [4.69, 9.17) is 4.74 Å². The Balaban J connectivity index is 1.87. The normalized spacial score (nSPS) is 20.5. The fourth-order valence-electron chi connectivity index (χ4n) is 3.78. The molecule has 3 rings (SSSR count). The van der Waals surface area contributed by atoms with E-state index in [-0.39, 0.29) is 12.6 Å². The predicted molar refractivity (Wildman–Crippen MR) is 119 cm³/mol. The number of carbonyl (C=O) groups excluding carboxylic acids is 2. The van der Waals surface area contributed by atoms with Crippen LogP contribution in [0.2, 0.25) is 0 Å². The molecule has 2 N–H and O–H groups in total. The highest BCUT2D eigenvalue weighted by atomic mass is 32.2. The Kier molecular flexibility index (Phi) is 7.95. The number of esters is 1. The van der Waals surface area contributed by atoms with Gasteiger partial charge >= 0.3 is 12.0 Å². The van der Waals surface area contributed by atoms with Crippen LogP contribution in [0.5, 0.6) is 0 Å². The van der Waals surface area contributed by atoms with Crippen LogP contribution in [-0.2, 0) is 9.53 Å². The molecule has 2 amide bonds. The molecule has 0 aliphatic carbocycles. The highest BCUT2D eigenvalue weighted by Gasteiger charge is 2.34. The van der Waals surface area contributed by atoms with Gasteiger partial charge in [-0.2, -0.15) is 0 Å². The molecule has 0 spiro atoms. The number of nitrogens with one attached hydrogen (secondary N) is 2. The molecular weight excluding hydrogens is 400 g/mol. The van der Waals surface area contributed by atoms with E-state index in [1.54, 1.807) is 18.7 Å². The lowest BCUT2D eigenvalue weighted by molar-refractivity contribution is -0.139. The first-order chi connectivity index (χ1) is 14.5. The van der Waals surface area contributed by atoms with E-state index in [0.29, 0.717) is 17.8 Å². The number of amides is 2. The molecule has 162 valence electrons. The third-order valence-corrected chi connectivity index (χ3v) is 6.08. The molecular formula is C22H30N4O3S. The fourth-order valence-corrected chi connectivity index (χ4v) is 4.18. The number of hydrogen-bond donors (Lipinski definition) is 2. The number of ether oxygens (including phenoxy) is 1. The van der Waals surface area contributed by atoms with Gasteiger partial charge < -0.3 is 15.4 Å². The van der Waals surface area contributed by atoms with Gasteiger partial charge in [-0.25, -0.2) is 9.59 Å². The van der Waals surface area contributed by atoms with Crippen molar-refractivity contribution in [1.82, 2.24) is 20.4 Å². The van der Waals surface area contributed by atoms with Crippen LogP contribution in [-0.4, -0.2) is 73.9 Å². The van der Waals surface area contributed by atoms with Crippen LogP contribution in [0.3, 0.4) is 0 Å². The van der Waals surface area contributed by atoms with E-state index in [0.717, 1.165) is 43.2 Å². The molecule has 1 aromatic carbocycles. The summed E-state index contributed by atoms with van der Waals surface area (Å²) in [4.78, 5) is 31.0. The fraction of sp³-hybridized carbons (Fsp3) is 0.455. The SMILES string of the molecule is C=CCN1CCN(CC2=C(C(=O)OCC)C(c3ccc(SC)cc3)NC(=O)N2)CC1. The summed E-state index contributed by atoms with van der Waals surface area (Å²) in [5.41, 5.74) is 1.95. The zero-order valence-corrected chi connectivity index (χ0v) is 18.5. The monoisotopic (exact) mass is 430 g/mol. The minimum Gasteiger partial charge on any atom is -0.463 e. The highest BCUT2D eigenvalue weighted by Crippen LogP contribution is 2.29. The summed E-state index contributed by atoms with van der Waals surface area (Å²) < 4.78 is 5.35. The van der Waals surface area contributed by atoms with Crippen molar-refractivity contribution in [2.24, 2.45) is 0 Å². The highest BCUT2D eigenvalue weighted by molar-refractivity contribution is 7.98. The Hall–Kier alpha value is -2.29. The Morgan fingerprint density at radius 2 is 1.90 bits per heavy atom. The van der Waals surface area contributed by atoms with Crippen molar-refractivity contribution >= 4 is 23.8 Å². The zero-order valence-electron chi connectivity index (χ0n) is 17.6. The minimum atomic E-state index is -0.536. The van der Waals surface area contributed by atoms with Gasteiger partial charge in [0.1, 0.15) is 0 Å². The molecule has 2 aliphatic heterocycles. The second-order valence-electron chi connectivity index (χ2n) is 7.28. The van der Waals surface area contributed by atoms with Crippen molar-refractivity contribution in [3.05, 3.63) is 53.8 Å². The number of benzene rings is 1. The van der Waals surface area contributed by atoms with Crippen LogP contribution < -0.4 is 10.6 Å². The number of rotatable bonds is 8. The first-order valence-corrected chi connectivity index (χ1v) is 11.5. The molecule has 1 saturated heterocycles. The maximum absolute atomic E-state index is 12.9. The third kappa shape index (κ3) is 5.44. The lowest BCUT2D eigenvalue weighted by Gasteiger charge is -2.36. The number of hydrogen-bond acceptors (Lipinski definition) is 6. The van der Waals surface area contributed by atoms with E-state index in [2.05, 4.69) is 27.0 Å². The van der Waals surface area contributed by atoms with Crippen molar-refractivity contribution in [2.45, 2.75) is 17.9 Å². The topological polar surface area (TPSA) is 73.9 Å². The van der Waals surface area contributed by atoms with E-state index in [1.807, 2.05) is 36.6 Å². The molecule has 0 bridgehead atoms. The molecule has 30 heavy (non-hydrogen) atoms. The Bertz CT molecular complexity index is 801. The molecule has 0 saturated carbocycles. The number of piperazine rings is 1. The molecule has 8 heteroatoms. The molecule has 7 nitrogen and oxygen atoms in total. The summed E-state index contributed by atoms with van der Waals surface area (Å²) in [5, 5.41) is 5.76. The first kappa shape index (κ1) is 22.4.